The minimum absolute atomic E-state index is 0.0374. The average Bonchev–Trinajstić information content (AvgIpc) is 2.29. The van der Waals surface area contributed by atoms with Crippen molar-refractivity contribution >= 4 is 5.78 Å². The summed E-state index contributed by atoms with van der Waals surface area (Å²) in [6.07, 6.45) is 0. The molecule has 0 aliphatic rings. The van der Waals surface area contributed by atoms with Crippen molar-refractivity contribution in [2.45, 2.75) is 0 Å². The van der Waals surface area contributed by atoms with Gasteiger partial charge >= 0.3 is 0 Å². The van der Waals surface area contributed by atoms with E-state index in [4.69, 9.17) is 9.84 Å². The van der Waals surface area contributed by atoms with Gasteiger partial charge in [-0.15, -0.1) is 0 Å². The summed E-state index contributed by atoms with van der Waals surface area (Å²) in [6, 6.07) is 4.06. The number of Topliss-reactive ketones (excluding diaryl/α,β-unsaturated/α-hetero) is 1. The van der Waals surface area contributed by atoms with Crippen molar-refractivity contribution in [3.05, 3.63) is 29.6 Å². The SMILES string of the molecule is COc1ccc(C(=O)CNCCO)cc1F. The smallest absolute Gasteiger partial charge is 0.176 e. The molecule has 0 aliphatic carbocycles. The molecule has 5 heteroatoms. The number of ketones is 1. The fraction of sp³-hybridized carbons (Fsp3) is 0.364. The molecule has 0 radical (unpaired) electrons. The molecule has 0 aliphatic heterocycles. The number of hydrogen-bond acceptors (Lipinski definition) is 4. The zero-order valence-corrected chi connectivity index (χ0v) is 9.00. The second kappa shape index (κ2) is 6.19. The summed E-state index contributed by atoms with van der Waals surface area (Å²) in [5, 5.41) is 11.2. The normalized spacial score (nSPS) is 10.2. The quantitative estimate of drug-likeness (QED) is 0.552. The van der Waals surface area contributed by atoms with Crippen LogP contribution in [0, 0.1) is 5.82 Å². The van der Waals surface area contributed by atoms with Crippen LogP contribution in [0.1, 0.15) is 10.4 Å². The van der Waals surface area contributed by atoms with E-state index in [2.05, 4.69) is 5.32 Å². The van der Waals surface area contributed by atoms with Gasteiger partial charge in [0.25, 0.3) is 0 Å². The lowest BCUT2D eigenvalue weighted by atomic mass is 10.1. The first-order valence-electron chi connectivity index (χ1n) is 4.87. The number of rotatable bonds is 6. The van der Waals surface area contributed by atoms with Gasteiger partial charge in [0.05, 0.1) is 20.3 Å². The molecule has 0 saturated carbocycles. The van der Waals surface area contributed by atoms with Crippen LogP contribution in [-0.2, 0) is 0 Å². The number of carbonyl (C=O) groups excluding carboxylic acids is 1. The molecule has 0 aromatic heterocycles. The van der Waals surface area contributed by atoms with Gasteiger partial charge < -0.3 is 15.2 Å². The van der Waals surface area contributed by atoms with E-state index >= 15 is 0 Å². The fourth-order valence-electron chi connectivity index (χ4n) is 1.22. The lowest BCUT2D eigenvalue weighted by Crippen LogP contribution is -2.25. The van der Waals surface area contributed by atoms with Crippen LogP contribution in [0.4, 0.5) is 4.39 Å². The third kappa shape index (κ3) is 3.29. The Bertz CT molecular complexity index is 368. The van der Waals surface area contributed by atoms with Crippen LogP contribution in [-0.4, -0.2) is 37.7 Å². The molecule has 0 saturated heterocycles. The third-order valence-corrected chi connectivity index (χ3v) is 2.05. The highest BCUT2D eigenvalue weighted by molar-refractivity contribution is 5.97. The molecule has 0 atom stereocenters. The number of carbonyl (C=O) groups is 1. The van der Waals surface area contributed by atoms with Crippen LogP contribution in [0.15, 0.2) is 18.2 Å². The van der Waals surface area contributed by atoms with E-state index < -0.39 is 5.82 Å². The Kier molecular flexibility index (Phi) is 4.88. The monoisotopic (exact) mass is 227 g/mol. The van der Waals surface area contributed by atoms with Crippen molar-refractivity contribution in [3.63, 3.8) is 0 Å². The minimum Gasteiger partial charge on any atom is -0.494 e. The Morgan fingerprint density at radius 1 is 1.56 bits per heavy atom. The number of methoxy groups -OCH3 is 1. The van der Waals surface area contributed by atoms with Crippen LogP contribution in [0.2, 0.25) is 0 Å². The maximum absolute atomic E-state index is 13.3. The number of hydrogen-bond donors (Lipinski definition) is 2. The average molecular weight is 227 g/mol. The van der Waals surface area contributed by atoms with Crippen LogP contribution in [0.25, 0.3) is 0 Å². The zero-order chi connectivity index (χ0) is 12.0. The second-order valence-corrected chi connectivity index (χ2v) is 3.17. The molecular formula is C11H14FNO3. The highest BCUT2D eigenvalue weighted by Crippen LogP contribution is 2.17. The highest BCUT2D eigenvalue weighted by Gasteiger charge is 2.09. The van der Waals surface area contributed by atoms with Crippen molar-refractivity contribution in [3.8, 4) is 5.75 Å². The molecule has 16 heavy (non-hydrogen) atoms. The molecule has 0 spiro atoms. The van der Waals surface area contributed by atoms with Gasteiger partial charge in [-0.25, -0.2) is 4.39 Å². The Morgan fingerprint density at radius 2 is 2.31 bits per heavy atom. The molecule has 0 heterocycles. The van der Waals surface area contributed by atoms with Crippen molar-refractivity contribution in [2.75, 3.05) is 26.8 Å². The predicted octanol–water partition coefficient (Wildman–Crippen LogP) is 0.599. The van der Waals surface area contributed by atoms with Crippen LogP contribution < -0.4 is 10.1 Å². The maximum atomic E-state index is 13.3. The van der Waals surface area contributed by atoms with Crippen LogP contribution in [0.3, 0.4) is 0 Å². The molecule has 1 aromatic carbocycles. The molecular weight excluding hydrogens is 213 g/mol. The number of nitrogens with one attached hydrogen (secondary N) is 1. The summed E-state index contributed by atoms with van der Waals surface area (Å²) >= 11 is 0. The van der Waals surface area contributed by atoms with Gasteiger partial charge in [0.1, 0.15) is 0 Å². The second-order valence-electron chi connectivity index (χ2n) is 3.17. The van der Waals surface area contributed by atoms with Crippen molar-refractivity contribution in [1.82, 2.24) is 5.32 Å². The van der Waals surface area contributed by atoms with Gasteiger partial charge in [0, 0.05) is 12.1 Å². The standard InChI is InChI=1S/C11H14FNO3/c1-16-11-3-2-8(6-9(11)12)10(15)7-13-4-5-14/h2-3,6,13-14H,4-5,7H2,1H3. The number of ether oxygens (including phenoxy) is 1. The minimum atomic E-state index is -0.560. The molecule has 2 N–H and O–H groups in total. The van der Waals surface area contributed by atoms with Crippen molar-refractivity contribution in [1.29, 1.82) is 0 Å². The Morgan fingerprint density at radius 3 is 2.88 bits per heavy atom. The number of aliphatic hydroxyl groups is 1. The van der Waals surface area contributed by atoms with Crippen LogP contribution in [0.5, 0.6) is 5.75 Å². The summed E-state index contributed by atoms with van der Waals surface area (Å²) in [7, 11) is 1.36. The summed E-state index contributed by atoms with van der Waals surface area (Å²) in [5.41, 5.74) is 0.281. The topological polar surface area (TPSA) is 58.6 Å². The van der Waals surface area contributed by atoms with E-state index in [1.165, 1.54) is 19.2 Å². The molecule has 0 bridgehead atoms. The van der Waals surface area contributed by atoms with E-state index in [0.29, 0.717) is 6.54 Å². The summed E-state index contributed by atoms with van der Waals surface area (Å²) in [4.78, 5) is 11.5. The summed E-state index contributed by atoms with van der Waals surface area (Å²) in [6.45, 7) is 0.376. The van der Waals surface area contributed by atoms with Gasteiger partial charge in [-0.3, -0.25) is 4.79 Å². The predicted molar refractivity (Wildman–Crippen MR) is 57.2 cm³/mol. The van der Waals surface area contributed by atoms with Gasteiger partial charge in [-0.1, -0.05) is 0 Å². The highest BCUT2D eigenvalue weighted by atomic mass is 19.1. The van der Waals surface area contributed by atoms with Gasteiger partial charge in [-0.2, -0.15) is 0 Å². The number of aliphatic hydroxyl groups excluding tert-OH is 1. The molecule has 0 fully saturated rings. The molecule has 4 nitrogen and oxygen atoms in total. The fourth-order valence-corrected chi connectivity index (χ4v) is 1.22. The van der Waals surface area contributed by atoms with Crippen LogP contribution >= 0.6 is 0 Å². The lowest BCUT2D eigenvalue weighted by molar-refractivity contribution is 0.0989. The van der Waals surface area contributed by atoms with Gasteiger partial charge in [0.15, 0.2) is 17.3 Å². The molecule has 0 unspecified atom stereocenters. The summed E-state index contributed by atoms with van der Waals surface area (Å²) in [5.74, 6) is -0.676. The van der Waals surface area contributed by atoms with Gasteiger partial charge in [0.2, 0.25) is 0 Å². The molecule has 0 amide bonds. The molecule has 1 aromatic rings. The largest absolute Gasteiger partial charge is 0.494 e. The Balaban J connectivity index is 2.66. The third-order valence-electron chi connectivity index (χ3n) is 2.05. The van der Waals surface area contributed by atoms with E-state index in [0.717, 1.165) is 6.07 Å². The van der Waals surface area contributed by atoms with E-state index in [-0.39, 0.29) is 30.2 Å². The zero-order valence-electron chi connectivity index (χ0n) is 9.00. The summed E-state index contributed by atoms with van der Waals surface area (Å²) < 4.78 is 18.0. The Labute approximate surface area is 93.0 Å². The van der Waals surface area contributed by atoms with Crippen molar-refractivity contribution < 1.29 is 19.0 Å². The number of halogens is 1. The maximum Gasteiger partial charge on any atom is 0.176 e. The van der Waals surface area contributed by atoms with E-state index in [1.54, 1.807) is 0 Å². The molecule has 88 valence electrons. The Hall–Kier alpha value is -1.46. The first-order valence-corrected chi connectivity index (χ1v) is 4.87. The van der Waals surface area contributed by atoms with Crippen molar-refractivity contribution in [2.24, 2.45) is 0 Å². The van der Waals surface area contributed by atoms with E-state index in [1.807, 2.05) is 0 Å². The number of benzene rings is 1. The van der Waals surface area contributed by atoms with E-state index in [9.17, 15) is 9.18 Å². The first kappa shape index (κ1) is 12.6. The lowest BCUT2D eigenvalue weighted by Gasteiger charge is -2.05. The molecule has 1 rings (SSSR count). The first-order chi connectivity index (χ1) is 7.69. The van der Waals surface area contributed by atoms with Gasteiger partial charge in [-0.05, 0) is 18.2 Å².